The standard InChI is InChI=1S/C22H29NO2/c1-15-16(2)21-19(17(3)20(15)24)10-12-22(4,25-21)14-23-13-11-18-8-6-5-7-9-18/h5-9,23-24H,10-14H2,1-4H3. The third-order valence-electron chi connectivity index (χ3n) is 5.52. The minimum atomic E-state index is -0.204. The SMILES string of the molecule is Cc1c(C)c2c(c(C)c1O)CCC(C)(CNCCc1ccccc1)O2. The number of phenolic OH excluding ortho intramolecular Hbond substituents is 1. The minimum Gasteiger partial charge on any atom is -0.507 e. The zero-order chi connectivity index (χ0) is 18.0. The summed E-state index contributed by atoms with van der Waals surface area (Å²) < 4.78 is 6.45. The molecule has 2 aromatic rings. The summed E-state index contributed by atoms with van der Waals surface area (Å²) in [6.45, 7) is 9.96. The molecule has 0 radical (unpaired) electrons. The Hall–Kier alpha value is -2.00. The molecule has 2 aromatic carbocycles. The smallest absolute Gasteiger partial charge is 0.127 e. The van der Waals surface area contributed by atoms with E-state index in [4.69, 9.17) is 4.74 Å². The van der Waals surface area contributed by atoms with Crippen molar-refractivity contribution in [3.8, 4) is 11.5 Å². The van der Waals surface area contributed by atoms with Crippen LogP contribution < -0.4 is 10.1 Å². The van der Waals surface area contributed by atoms with Crippen LogP contribution in [0.4, 0.5) is 0 Å². The summed E-state index contributed by atoms with van der Waals surface area (Å²) in [5.74, 6) is 1.40. The zero-order valence-corrected chi connectivity index (χ0v) is 15.8. The lowest BCUT2D eigenvalue weighted by molar-refractivity contribution is 0.0636. The first-order valence-electron chi connectivity index (χ1n) is 9.16. The number of ether oxygens (including phenoxy) is 1. The Balaban J connectivity index is 1.65. The van der Waals surface area contributed by atoms with Crippen molar-refractivity contribution in [1.82, 2.24) is 5.32 Å². The number of fused-ring (bicyclic) bond motifs is 1. The van der Waals surface area contributed by atoms with Gasteiger partial charge in [0, 0.05) is 12.1 Å². The number of rotatable bonds is 5. The molecule has 3 heteroatoms. The quantitative estimate of drug-likeness (QED) is 0.801. The zero-order valence-electron chi connectivity index (χ0n) is 15.8. The normalized spacial score (nSPS) is 19.4. The molecule has 0 bridgehead atoms. The van der Waals surface area contributed by atoms with E-state index in [1.807, 2.05) is 20.8 Å². The van der Waals surface area contributed by atoms with Crippen LogP contribution in [0.25, 0.3) is 0 Å². The van der Waals surface area contributed by atoms with E-state index in [0.717, 1.165) is 54.8 Å². The van der Waals surface area contributed by atoms with Gasteiger partial charge in [-0.25, -0.2) is 0 Å². The summed E-state index contributed by atoms with van der Waals surface area (Å²) in [6.07, 6.45) is 2.94. The molecular weight excluding hydrogens is 310 g/mol. The van der Waals surface area contributed by atoms with Crippen molar-refractivity contribution < 1.29 is 9.84 Å². The molecule has 0 amide bonds. The summed E-state index contributed by atoms with van der Waals surface area (Å²) in [6, 6.07) is 10.5. The second-order valence-corrected chi connectivity index (χ2v) is 7.50. The lowest BCUT2D eigenvalue weighted by atomic mass is 9.87. The van der Waals surface area contributed by atoms with Gasteiger partial charge < -0.3 is 15.2 Å². The number of nitrogens with one attached hydrogen (secondary N) is 1. The van der Waals surface area contributed by atoms with E-state index in [0.29, 0.717) is 5.75 Å². The van der Waals surface area contributed by atoms with Crippen LogP contribution in [-0.4, -0.2) is 23.8 Å². The molecule has 2 N–H and O–H groups in total. The average molecular weight is 339 g/mol. The lowest BCUT2D eigenvalue weighted by Crippen LogP contribution is -2.46. The van der Waals surface area contributed by atoms with Crippen LogP contribution in [0.15, 0.2) is 30.3 Å². The molecule has 0 saturated heterocycles. The first kappa shape index (κ1) is 17.8. The molecule has 1 atom stereocenters. The van der Waals surface area contributed by atoms with E-state index in [9.17, 15) is 5.11 Å². The van der Waals surface area contributed by atoms with Gasteiger partial charge in [0.25, 0.3) is 0 Å². The van der Waals surface area contributed by atoms with Crippen molar-refractivity contribution in [2.45, 2.75) is 52.6 Å². The van der Waals surface area contributed by atoms with Gasteiger partial charge in [0.2, 0.25) is 0 Å². The highest BCUT2D eigenvalue weighted by atomic mass is 16.5. The largest absolute Gasteiger partial charge is 0.507 e. The van der Waals surface area contributed by atoms with E-state index in [-0.39, 0.29) is 5.60 Å². The van der Waals surface area contributed by atoms with Gasteiger partial charge in [-0.3, -0.25) is 0 Å². The van der Waals surface area contributed by atoms with Crippen LogP contribution >= 0.6 is 0 Å². The van der Waals surface area contributed by atoms with Crippen molar-refractivity contribution >= 4 is 0 Å². The van der Waals surface area contributed by atoms with Gasteiger partial charge in [0.1, 0.15) is 17.1 Å². The number of hydrogen-bond donors (Lipinski definition) is 2. The fourth-order valence-electron chi connectivity index (χ4n) is 3.65. The van der Waals surface area contributed by atoms with E-state index >= 15 is 0 Å². The second-order valence-electron chi connectivity index (χ2n) is 7.50. The van der Waals surface area contributed by atoms with Crippen molar-refractivity contribution in [1.29, 1.82) is 0 Å². The fraction of sp³-hybridized carbons (Fsp3) is 0.455. The summed E-state index contributed by atoms with van der Waals surface area (Å²) in [7, 11) is 0. The maximum Gasteiger partial charge on any atom is 0.127 e. The monoisotopic (exact) mass is 339 g/mol. The molecule has 0 aliphatic carbocycles. The molecule has 0 saturated carbocycles. The van der Waals surface area contributed by atoms with Crippen LogP contribution in [0.5, 0.6) is 11.5 Å². The summed E-state index contributed by atoms with van der Waals surface area (Å²) in [5.41, 5.74) is 5.28. The van der Waals surface area contributed by atoms with Crippen molar-refractivity contribution in [2.75, 3.05) is 13.1 Å². The maximum absolute atomic E-state index is 10.3. The molecule has 1 heterocycles. The fourth-order valence-corrected chi connectivity index (χ4v) is 3.65. The third kappa shape index (κ3) is 3.67. The Morgan fingerprint density at radius 1 is 1.08 bits per heavy atom. The lowest BCUT2D eigenvalue weighted by Gasteiger charge is -2.38. The van der Waals surface area contributed by atoms with Gasteiger partial charge in [-0.05, 0) is 75.8 Å². The van der Waals surface area contributed by atoms with Crippen LogP contribution in [0.1, 0.15) is 41.2 Å². The van der Waals surface area contributed by atoms with E-state index in [2.05, 4.69) is 42.6 Å². The van der Waals surface area contributed by atoms with Crippen molar-refractivity contribution in [3.05, 3.63) is 58.1 Å². The average Bonchev–Trinajstić information content (AvgIpc) is 2.63. The maximum atomic E-state index is 10.3. The highest BCUT2D eigenvalue weighted by Gasteiger charge is 2.34. The molecule has 0 fully saturated rings. The molecule has 0 aromatic heterocycles. The first-order valence-corrected chi connectivity index (χ1v) is 9.16. The Kier molecular flexibility index (Phi) is 5.05. The molecule has 25 heavy (non-hydrogen) atoms. The predicted molar refractivity (Wildman–Crippen MR) is 103 cm³/mol. The van der Waals surface area contributed by atoms with Gasteiger partial charge >= 0.3 is 0 Å². The highest BCUT2D eigenvalue weighted by molar-refractivity contribution is 5.58. The van der Waals surface area contributed by atoms with Crippen LogP contribution in [-0.2, 0) is 12.8 Å². The topological polar surface area (TPSA) is 41.5 Å². The number of hydrogen-bond acceptors (Lipinski definition) is 3. The third-order valence-corrected chi connectivity index (χ3v) is 5.52. The highest BCUT2D eigenvalue weighted by Crippen LogP contribution is 2.43. The Labute approximate surface area is 151 Å². The molecule has 1 unspecified atom stereocenters. The Morgan fingerprint density at radius 3 is 2.52 bits per heavy atom. The predicted octanol–water partition coefficient (Wildman–Crippen LogP) is 4.23. The molecule has 134 valence electrons. The molecular formula is C22H29NO2. The number of aromatic hydroxyl groups is 1. The van der Waals surface area contributed by atoms with Crippen molar-refractivity contribution in [3.63, 3.8) is 0 Å². The molecule has 0 spiro atoms. The summed E-state index contributed by atoms with van der Waals surface area (Å²) >= 11 is 0. The van der Waals surface area contributed by atoms with Gasteiger partial charge in [-0.15, -0.1) is 0 Å². The number of phenols is 1. The summed E-state index contributed by atoms with van der Waals surface area (Å²) in [4.78, 5) is 0. The molecule has 3 nitrogen and oxygen atoms in total. The van der Waals surface area contributed by atoms with E-state index in [1.54, 1.807) is 0 Å². The molecule has 3 rings (SSSR count). The first-order chi connectivity index (χ1) is 11.9. The van der Waals surface area contributed by atoms with Crippen LogP contribution in [0.3, 0.4) is 0 Å². The minimum absolute atomic E-state index is 0.204. The Morgan fingerprint density at radius 2 is 1.80 bits per heavy atom. The van der Waals surface area contributed by atoms with E-state index in [1.165, 1.54) is 11.1 Å². The van der Waals surface area contributed by atoms with Crippen LogP contribution in [0.2, 0.25) is 0 Å². The molecule has 1 aliphatic heterocycles. The summed E-state index contributed by atoms with van der Waals surface area (Å²) in [5, 5.41) is 13.8. The second kappa shape index (κ2) is 7.09. The molecule has 1 aliphatic rings. The van der Waals surface area contributed by atoms with E-state index < -0.39 is 0 Å². The van der Waals surface area contributed by atoms with Gasteiger partial charge in [-0.2, -0.15) is 0 Å². The van der Waals surface area contributed by atoms with Crippen LogP contribution in [0, 0.1) is 20.8 Å². The van der Waals surface area contributed by atoms with Crippen molar-refractivity contribution in [2.24, 2.45) is 0 Å². The van der Waals surface area contributed by atoms with Gasteiger partial charge in [-0.1, -0.05) is 30.3 Å². The number of benzene rings is 2. The van der Waals surface area contributed by atoms with Gasteiger partial charge in [0.05, 0.1) is 0 Å². The Bertz CT molecular complexity index is 755. The van der Waals surface area contributed by atoms with Gasteiger partial charge in [0.15, 0.2) is 0 Å².